The van der Waals surface area contributed by atoms with Crippen LogP contribution in [0.15, 0.2) is 35.4 Å². The molecular formula is C24H26Cl2F2N6O3S. The molecule has 1 saturated carbocycles. The third-order valence-corrected chi connectivity index (χ3v) is 7.36. The van der Waals surface area contributed by atoms with E-state index < -0.39 is 23.9 Å². The van der Waals surface area contributed by atoms with Gasteiger partial charge in [-0.1, -0.05) is 0 Å². The lowest BCUT2D eigenvalue weighted by Crippen LogP contribution is -2.44. The molecule has 3 N–H and O–H groups in total. The molecule has 1 aliphatic carbocycles. The van der Waals surface area contributed by atoms with Crippen molar-refractivity contribution in [2.45, 2.75) is 42.9 Å². The molecule has 2 aliphatic rings. The number of amides is 2. The molecule has 1 aliphatic heterocycles. The predicted molar refractivity (Wildman–Crippen MR) is 146 cm³/mol. The summed E-state index contributed by atoms with van der Waals surface area (Å²) in [6.07, 6.45) is 1.19. The highest BCUT2D eigenvalue weighted by Crippen LogP contribution is 2.32. The average Bonchev–Trinajstić information content (AvgIpc) is 2.88. The first-order chi connectivity index (χ1) is 17.4. The third-order valence-electron chi connectivity index (χ3n) is 6.33. The largest absolute Gasteiger partial charge is 0.481 e. The lowest BCUT2D eigenvalue weighted by molar-refractivity contribution is -0.121. The van der Waals surface area contributed by atoms with Gasteiger partial charge in [0.1, 0.15) is 23.3 Å². The highest BCUT2D eigenvalue weighted by molar-refractivity contribution is 8.00. The summed E-state index contributed by atoms with van der Waals surface area (Å²) < 4.78 is 34.7. The van der Waals surface area contributed by atoms with Crippen molar-refractivity contribution in [3.05, 3.63) is 42.0 Å². The number of methoxy groups -OCH3 is 1. The number of thioether (sulfide) groups is 1. The number of nitrogens with zero attached hydrogens (tertiary/aromatic N) is 3. The fraction of sp³-hybridized carbons (Fsp3) is 0.375. The fourth-order valence-corrected chi connectivity index (χ4v) is 5.19. The van der Waals surface area contributed by atoms with Gasteiger partial charge >= 0.3 is 0 Å². The van der Waals surface area contributed by atoms with Crippen LogP contribution in [0.1, 0.15) is 25.0 Å². The zero-order chi connectivity index (χ0) is 25.2. The first-order valence-corrected chi connectivity index (χ1v) is 12.5. The molecule has 9 nitrogen and oxygen atoms in total. The minimum absolute atomic E-state index is 0. The van der Waals surface area contributed by atoms with E-state index in [2.05, 4.69) is 30.9 Å². The summed E-state index contributed by atoms with van der Waals surface area (Å²) in [6, 6.07) is 5.88. The number of hydrogen-bond donors (Lipinski definition) is 3. The van der Waals surface area contributed by atoms with E-state index in [0.29, 0.717) is 46.2 Å². The Morgan fingerprint density at radius 2 is 2.05 bits per heavy atom. The van der Waals surface area contributed by atoms with Gasteiger partial charge in [-0.05, 0) is 37.5 Å². The van der Waals surface area contributed by atoms with Crippen LogP contribution in [-0.2, 0) is 16.1 Å². The van der Waals surface area contributed by atoms with Crippen molar-refractivity contribution in [1.29, 1.82) is 0 Å². The van der Waals surface area contributed by atoms with Crippen LogP contribution >= 0.6 is 36.6 Å². The van der Waals surface area contributed by atoms with E-state index in [9.17, 15) is 14.0 Å². The van der Waals surface area contributed by atoms with Gasteiger partial charge in [-0.25, -0.2) is 18.7 Å². The molecule has 5 rings (SSSR count). The summed E-state index contributed by atoms with van der Waals surface area (Å²) in [5, 5.41) is 8.52. The van der Waals surface area contributed by atoms with E-state index in [-0.39, 0.29) is 61.0 Å². The molecule has 3 aromatic rings. The normalized spacial score (nSPS) is 20.4. The van der Waals surface area contributed by atoms with E-state index in [1.54, 1.807) is 24.4 Å². The summed E-state index contributed by atoms with van der Waals surface area (Å²) in [5.74, 6) is -0.575. The van der Waals surface area contributed by atoms with Crippen LogP contribution in [0.2, 0.25) is 0 Å². The van der Waals surface area contributed by atoms with Crippen molar-refractivity contribution in [2.24, 2.45) is 5.92 Å². The number of carbonyl (C=O) groups is 2. The first-order valence-electron chi connectivity index (χ1n) is 11.5. The molecule has 0 aromatic carbocycles. The van der Waals surface area contributed by atoms with Gasteiger partial charge in [0.15, 0.2) is 0 Å². The number of hydrogen-bond acceptors (Lipinski definition) is 8. The van der Waals surface area contributed by atoms with Crippen LogP contribution in [0, 0.1) is 11.7 Å². The van der Waals surface area contributed by atoms with Crippen molar-refractivity contribution in [3.8, 4) is 5.88 Å². The van der Waals surface area contributed by atoms with Gasteiger partial charge in [0.25, 0.3) is 0 Å². The van der Waals surface area contributed by atoms with Crippen LogP contribution in [0.25, 0.3) is 11.0 Å². The second kappa shape index (κ2) is 12.8. The molecule has 0 spiro atoms. The van der Waals surface area contributed by atoms with Crippen molar-refractivity contribution in [3.63, 3.8) is 0 Å². The first kappa shape index (κ1) is 29.8. The number of alkyl halides is 1. The number of carbonyl (C=O) groups excluding carboxylic acids is 2. The Hall–Kier alpha value is -2.80. The minimum atomic E-state index is -1.29. The zero-order valence-electron chi connectivity index (χ0n) is 20.2. The number of rotatable bonds is 6. The van der Waals surface area contributed by atoms with Gasteiger partial charge in [0.2, 0.25) is 17.7 Å². The molecule has 0 bridgehead atoms. The molecule has 0 saturated heterocycles. The number of fused-ring (bicyclic) bond motifs is 2. The number of pyridine rings is 3. The number of anilines is 2. The second-order valence-electron chi connectivity index (χ2n) is 8.68. The van der Waals surface area contributed by atoms with Crippen molar-refractivity contribution in [1.82, 2.24) is 20.3 Å². The minimum Gasteiger partial charge on any atom is -0.481 e. The van der Waals surface area contributed by atoms with Crippen LogP contribution in [0.3, 0.4) is 0 Å². The van der Waals surface area contributed by atoms with Crippen molar-refractivity contribution in [2.75, 3.05) is 23.5 Å². The number of ether oxygens (including phenoxy) is 1. The van der Waals surface area contributed by atoms with E-state index in [1.165, 1.54) is 24.9 Å². The maximum absolute atomic E-state index is 15.0. The smallest absolute Gasteiger partial charge is 0.235 e. The summed E-state index contributed by atoms with van der Waals surface area (Å²) in [4.78, 5) is 37.9. The third kappa shape index (κ3) is 6.42. The molecule has 14 heteroatoms. The molecule has 4 heterocycles. The summed E-state index contributed by atoms with van der Waals surface area (Å²) >= 11 is 1.23. The molecule has 204 valence electrons. The molecule has 38 heavy (non-hydrogen) atoms. The van der Waals surface area contributed by atoms with Crippen LogP contribution in [-0.4, -0.2) is 51.8 Å². The second-order valence-corrected chi connectivity index (χ2v) is 9.70. The molecular weight excluding hydrogens is 561 g/mol. The molecule has 2 amide bonds. The Labute approximate surface area is 234 Å². The fourth-order valence-electron chi connectivity index (χ4n) is 4.41. The lowest BCUT2D eigenvalue weighted by atomic mass is 9.84. The molecule has 1 fully saturated rings. The van der Waals surface area contributed by atoms with E-state index >= 15 is 4.39 Å². The topological polar surface area (TPSA) is 118 Å². The maximum Gasteiger partial charge on any atom is 0.235 e. The monoisotopic (exact) mass is 586 g/mol. The molecule has 0 unspecified atom stereocenters. The lowest BCUT2D eigenvalue weighted by Gasteiger charge is -2.31. The SMILES string of the molecule is COc1ccc2nccc(NC(=O)[C@@H]3CC[C@@H](NCc4nc5c(cc4F)SCC(=O)N5)[C@@H](F)C3)c2n1.Cl.Cl. The highest BCUT2D eigenvalue weighted by Gasteiger charge is 2.34. The quantitative estimate of drug-likeness (QED) is 0.391. The Kier molecular flexibility index (Phi) is 10.0. The summed E-state index contributed by atoms with van der Waals surface area (Å²) in [7, 11) is 1.50. The Bertz CT molecular complexity index is 1340. The summed E-state index contributed by atoms with van der Waals surface area (Å²) in [5.41, 5.74) is 1.69. The Balaban J connectivity index is 0.00000200. The van der Waals surface area contributed by atoms with Gasteiger partial charge in [-0.3, -0.25) is 14.6 Å². The van der Waals surface area contributed by atoms with E-state index in [0.717, 1.165) is 0 Å². The number of nitrogens with one attached hydrogen (secondary N) is 3. The van der Waals surface area contributed by atoms with Gasteiger partial charge in [-0.15, -0.1) is 36.6 Å². The van der Waals surface area contributed by atoms with Gasteiger partial charge < -0.3 is 20.7 Å². The average molecular weight is 587 g/mol. The van der Waals surface area contributed by atoms with E-state index in [4.69, 9.17) is 4.74 Å². The number of aromatic nitrogens is 3. The van der Waals surface area contributed by atoms with E-state index in [1.807, 2.05) is 0 Å². The zero-order valence-corrected chi connectivity index (χ0v) is 22.7. The van der Waals surface area contributed by atoms with Gasteiger partial charge in [0, 0.05) is 30.8 Å². The molecule has 3 atom stereocenters. The molecule has 0 radical (unpaired) electrons. The highest BCUT2D eigenvalue weighted by atomic mass is 35.5. The Morgan fingerprint density at radius 1 is 1.24 bits per heavy atom. The van der Waals surface area contributed by atoms with Gasteiger partial charge in [-0.2, -0.15) is 0 Å². The number of halogens is 4. The van der Waals surface area contributed by atoms with Gasteiger partial charge in [0.05, 0.1) is 34.7 Å². The molecule has 3 aromatic heterocycles. The standard InChI is InChI=1S/C24H24F2N6O3S.2ClH/c1-35-21-5-4-16-22(32-21)17(6-7-27-16)30-24(34)12-2-3-15(13(25)8-12)28-10-18-14(26)9-19-23(29-18)31-20(33)11-36-19;;/h4-7,9,12-13,15,28H,2-3,8,10-11H2,1H3,(H,27,30,34)(H,29,31,33);2*1H/t12-,13+,15-;;/m1../s1. The van der Waals surface area contributed by atoms with Crippen molar-refractivity contribution < 1.29 is 23.1 Å². The Morgan fingerprint density at radius 3 is 2.82 bits per heavy atom. The van der Waals surface area contributed by atoms with Crippen LogP contribution in [0.4, 0.5) is 20.3 Å². The summed E-state index contributed by atoms with van der Waals surface area (Å²) in [6.45, 7) is 0.0120. The predicted octanol–water partition coefficient (Wildman–Crippen LogP) is 4.30. The maximum atomic E-state index is 15.0. The van der Waals surface area contributed by atoms with Crippen LogP contribution in [0.5, 0.6) is 5.88 Å². The van der Waals surface area contributed by atoms with Crippen molar-refractivity contribution >= 4 is 70.9 Å². The van der Waals surface area contributed by atoms with Crippen LogP contribution < -0.4 is 20.7 Å².